The quantitative estimate of drug-likeness (QED) is 0.0992. The fourth-order valence-corrected chi connectivity index (χ4v) is 15.0. The lowest BCUT2D eigenvalue weighted by Gasteiger charge is -2.49. The number of methoxy groups -OCH3 is 4. The maximum Gasteiger partial charge on any atom is 0.219 e. The highest BCUT2D eigenvalue weighted by Crippen LogP contribution is 2.81. The van der Waals surface area contributed by atoms with Crippen molar-refractivity contribution in [3.63, 3.8) is 0 Å². The Morgan fingerprint density at radius 2 is 0.889 bits per heavy atom. The Hall–Kier alpha value is -2.92. The Kier molecular flexibility index (Phi) is 6.95. The van der Waals surface area contributed by atoms with Gasteiger partial charge in [-0.2, -0.15) is 0 Å². The number of benzene rings is 4. The second kappa shape index (κ2) is 10.9. The van der Waals surface area contributed by atoms with Crippen molar-refractivity contribution < 1.29 is 18.9 Å². The van der Waals surface area contributed by atoms with Crippen LogP contribution in [0.2, 0.25) is 0 Å². The van der Waals surface area contributed by atoms with Crippen LogP contribution in [0.3, 0.4) is 0 Å². The molecule has 0 saturated heterocycles. The molecular formula is C42H36Cl4N4O4. The molecule has 0 spiro atoms. The van der Waals surface area contributed by atoms with Crippen molar-refractivity contribution >= 4 is 90.0 Å². The van der Waals surface area contributed by atoms with E-state index in [1.807, 2.05) is 36.4 Å². The number of aromatic nitrogens is 4. The van der Waals surface area contributed by atoms with Crippen molar-refractivity contribution in [3.05, 3.63) is 95.6 Å². The van der Waals surface area contributed by atoms with Crippen LogP contribution in [0.25, 0.3) is 43.6 Å². The minimum absolute atomic E-state index is 0.212. The van der Waals surface area contributed by atoms with Gasteiger partial charge in [-0.05, 0) is 95.2 Å². The van der Waals surface area contributed by atoms with Crippen molar-refractivity contribution in [2.75, 3.05) is 28.4 Å². The number of nitrogens with zero attached hydrogens (tertiary/aromatic N) is 4. The summed E-state index contributed by atoms with van der Waals surface area (Å²) in [5, 5.41) is 4.26. The maximum absolute atomic E-state index is 8.27. The van der Waals surface area contributed by atoms with E-state index in [0.717, 1.165) is 43.8 Å². The van der Waals surface area contributed by atoms with Gasteiger partial charge >= 0.3 is 0 Å². The highest BCUT2D eigenvalue weighted by Gasteiger charge is 2.89. The Morgan fingerprint density at radius 3 is 1.35 bits per heavy atom. The van der Waals surface area contributed by atoms with Crippen molar-refractivity contribution in [2.45, 2.75) is 56.8 Å². The molecule has 4 aromatic carbocycles. The lowest BCUT2D eigenvalue weighted by molar-refractivity contribution is -0.249. The first-order chi connectivity index (χ1) is 26.0. The summed E-state index contributed by atoms with van der Waals surface area (Å²) in [5.74, 6) is -4.21. The first-order valence-corrected chi connectivity index (χ1v) is 19.9. The van der Waals surface area contributed by atoms with Gasteiger partial charge < -0.3 is 18.9 Å². The van der Waals surface area contributed by atoms with Gasteiger partial charge in [0, 0.05) is 28.4 Å². The molecule has 8 nitrogen and oxygen atoms in total. The molecular weight excluding hydrogens is 766 g/mol. The summed E-state index contributed by atoms with van der Waals surface area (Å²) in [6, 6.07) is 24.6. The summed E-state index contributed by atoms with van der Waals surface area (Å²) in [5.41, 5.74) is 5.53. The van der Waals surface area contributed by atoms with Gasteiger partial charge in [-0.15, -0.1) is 46.4 Å². The largest absolute Gasteiger partial charge is 0.350 e. The fraction of sp³-hybridized carbons (Fsp3) is 0.429. The van der Waals surface area contributed by atoms with Gasteiger partial charge in [0.1, 0.15) is 19.5 Å². The third kappa shape index (κ3) is 3.54. The standard InChI is InChI=1S/C42H36Cl4N4O4/c1-51-41(52-2)37(43)20-28-26(14-13-25-27(37)19-33-34(38(25,41)44)48-30-16-22-10-6-5-9-21(22)15-29(30)47-33)39(45)35-36(40(28,46)42(39,53-3)54-4)50-32-18-24-12-8-7-11-23(24)17-31(32)49-35/h5-12,15-18,25-28H,13-14,19-20H2,1-4H3/t25-,26-,27-,28+,37+,38-,39-,40+/m1/s1. The monoisotopic (exact) mass is 800 g/mol. The topological polar surface area (TPSA) is 88.5 Å². The van der Waals surface area contributed by atoms with Crippen LogP contribution in [0.4, 0.5) is 0 Å². The molecule has 0 amide bonds. The SMILES string of the molecule is COC1(OC)[C@@]2(Cl)c3nc4cc5ccccc5cc4nc3[C@]1(Cl)[C@@H]1CC[C@@H]3[C@H]4Cc5nc6cc7ccccc7cc6nc5[C@@]3(Cl)C(OC)(OC)[C@]4(Cl)C[C@@H]12. The van der Waals surface area contributed by atoms with Crippen LogP contribution in [0.1, 0.15) is 42.0 Å². The molecule has 11 rings (SSSR count). The van der Waals surface area contributed by atoms with Crippen LogP contribution in [0, 0.1) is 23.7 Å². The first-order valence-electron chi connectivity index (χ1n) is 18.4. The summed E-state index contributed by atoms with van der Waals surface area (Å²) in [7, 11) is 6.42. The van der Waals surface area contributed by atoms with E-state index in [2.05, 4.69) is 36.4 Å². The van der Waals surface area contributed by atoms with Crippen molar-refractivity contribution in [2.24, 2.45) is 23.7 Å². The number of alkyl halides is 4. The lowest BCUT2D eigenvalue weighted by Crippen LogP contribution is -2.61. The Morgan fingerprint density at radius 1 is 0.500 bits per heavy atom. The van der Waals surface area contributed by atoms with Crippen LogP contribution < -0.4 is 0 Å². The molecule has 2 heterocycles. The molecule has 3 saturated carbocycles. The third-order valence-corrected chi connectivity index (χ3v) is 16.9. The first kappa shape index (κ1) is 34.3. The molecule has 3 fully saturated rings. The second-order valence-electron chi connectivity index (χ2n) is 15.8. The number of fused-ring (bicyclic) bond motifs is 14. The van der Waals surface area contributed by atoms with E-state index in [9.17, 15) is 0 Å². The van der Waals surface area contributed by atoms with E-state index >= 15 is 0 Å². The molecule has 0 aliphatic heterocycles. The van der Waals surface area contributed by atoms with Crippen LogP contribution in [-0.4, -0.2) is 64.8 Å². The third-order valence-electron chi connectivity index (χ3n) is 14.1. The second-order valence-corrected chi connectivity index (χ2v) is 18.2. The zero-order valence-corrected chi connectivity index (χ0v) is 33.0. The molecule has 2 aromatic heterocycles. The van der Waals surface area contributed by atoms with Gasteiger partial charge in [-0.3, -0.25) is 0 Å². The summed E-state index contributed by atoms with van der Waals surface area (Å²) in [4.78, 5) is 15.9. The Balaban J connectivity index is 1.13. The molecule has 5 aliphatic carbocycles. The van der Waals surface area contributed by atoms with E-state index in [4.69, 9.17) is 85.3 Å². The molecule has 54 heavy (non-hydrogen) atoms. The van der Waals surface area contributed by atoms with Gasteiger partial charge in [-0.25, -0.2) is 19.9 Å². The minimum atomic E-state index is -1.54. The van der Waals surface area contributed by atoms with Gasteiger partial charge in [0.15, 0.2) is 0 Å². The zero-order chi connectivity index (χ0) is 37.2. The van der Waals surface area contributed by atoms with Crippen LogP contribution in [0.5, 0.6) is 0 Å². The Bertz CT molecular complexity index is 2620. The van der Waals surface area contributed by atoms with E-state index in [1.54, 1.807) is 28.4 Å². The summed E-state index contributed by atoms with van der Waals surface area (Å²) < 4.78 is 26.0. The lowest BCUT2D eigenvalue weighted by atomic mass is 9.65. The molecule has 0 radical (unpaired) electrons. The van der Waals surface area contributed by atoms with E-state index in [1.165, 1.54) is 0 Å². The average Bonchev–Trinajstić information content (AvgIpc) is 3.51. The highest BCUT2D eigenvalue weighted by molar-refractivity contribution is 6.33. The van der Waals surface area contributed by atoms with Gasteiger partial charge in [-0.1, -0.05) is 48.5 Å². The molecule has 8 atom stereocenters. The summed E-state index contributed by atoms with van der Waals surface area (Å²) in [6.07, 6.45) is 2.09. The number of hydrogen-bond donors (Lipinski definition) is 0. The number of hydrogen-bond acceptors (Lipinski definition) is 8. The average molecular weight is 803 g/mol. The Labute approximate surface area is 331 Å². The molecule has 6 aromatic rings. The summed E-state index contributed by atoms with van der Waals surface area (Å²) >= 11 is 32.7. The zero-order valence-electron chi connectivity index (χ0n) is 30.0. The molecule has 6 bridgehead atoms. The van der Waals surface area contributed by atoms with E-state index < -0.39 is 37.0 Å². The number of ether oxygens (including phenoxy) is 4. The smallest absolute Gasteiger partial charge is 0.219 e. The van der Waals surface area contributed by atoms with Crippen LogP contribution >= 0.6 is 46.4 Å². The number of halogens is 4. The molecule has 12 heteroatoms. The van der Waals surface area contributed by atoms with Crippen molar-refractivity contribution in [1.82, 2.24) is 19.9 Å². The molecule has 276 valence electrons. The van der Waals surface area contributed by atoms with Crippen molar-refractivity contribution in [3.8, 4) is 0 Å². The van der Waals surface area contributed by atoms with Crippen LogP contribution in [0.15, 0.2) is 72.8 Å². The minimum Gasteiger partial charge on any atom is -0.350 e. The normalized spacial score (nSPS) is 35.3. The van der Waals surface area contributed by atoms with Crippen LogP contribution in [-0.2, 0) is 40.0 Å². The predicted molar refractivity (Wildman–Crippen MR) is 210 cm³/mol. The van der Waals surface area contributed by atoms with E-state index in [0.29, 0.717) is 48.3 Å². The van der Waals surface area contributed by atoms with Gasteiger partial charge in [0.2, 0.25) is 11.6 Å². The molecule has 0 N–H and O–H groups in total. The molecule has 0 unspecified atom stereocenters. The molecule has 5 aliphatic rings. The number of rotatable bonds is 4. The fourth-order valence-electron chi connectivity index (χ4n) is 12.1. The maximum atomic E-state index is 8.27. The summed E-state index contributed by atoms with van der Waals surface area (Å²) in [6.45, 7) is 0. The highest BCUT2D eigenvalue weighted by atomic mass is 35.5. The van der Waals surface area contributed by atoms with Crippen molar-refractivity contribution in [1.29, 1.82) is 0 Å². The van der Waals surface area contributed by atoms with Gasteiger partial charge in [0.05, 0.1) is 44.8 Å². The van der Waals surface area contributed by atoms with Gasteiger partial charge in [0.25, 0.3) is 0 Å². The van der Waals surface area contributed by atoms with E-state index in [-0.39, 0.29) is 17.8 Å². The predicted octanol–water partition coefficient (Wildman–Crippen LogP) is 9.08.